The summed E-state index contributed by atoms with van der Waals surface area (Å²) < 4.78 is 22.2. The number of ether oxygens (including phenoxy) is 4. The van der Waals surface area contributed by atoms with Crippen molar-refractivity contribution >= 4 is 23.9 Å². The molecule has 0 unspecified atom stereocenters. The van der Waals surface area contributed by atoms with Gasteiger partial charge in [-0.3, -0.25) is 19.2 Å². The standard InChI is InChI=1S/C15H19N3O9/c1-7(19)24-5-10-13(25-8(2)20)14(26-9(3)21)15(27-10)18-6-16-11(17-18)4-12(22)23/h6,10,13-15H,4-5H2,1-3H3,(H,22,23)/t10-,13-,14-,15-/m1/s1. The van der Waals surface area contributed by atoms with Crippen molar-refractivity contribution in [2.45, 2.75) is 51.7 Å². The van der Waals surface area contributed by atoms with Gasteiger partial charge in [0.2, 0.25) is 0 Å². The van der Waals surface area contributed by atoms with Crippen LogP contribution < -0.4 is 0 Å². The zero-order valence-electron chi connectivity index (χ0n) is 14.9. The molecule has 0 saturated carbocycles. The van der Waals surface area contributed by atoms with Gasteiger partial charge < -0.3 is 24.1 Å². The Morgan fingerprint density at radius 1 is 1.11 bits per heavy atom. The Labute approximate surface area is 153 Å². The average molecular weight is 385 g/mol. The van der Waals surface area contributed by atoms with E-state index >= 15 is 0 Å². The molecule has 0 amide bonds. The van der Waals surface area contributed by atoms with Crippen LogP contribution in [0.2, 0.25) is 0 Å². The average Bonchev–Trinajstić information content (AvgIpc) is 3.10. The Morgan fingerprint density at radius 3 is 2.30 bits per heavy atom. The van der Waals surface area contributed by atoms with E-state index in [4.69, 9.17) is 24.1 Å². The Morgan fingerprint density at radius 2 is 1.74 bits per heavy atom. The van der Waals surface area contributed by atoms with Gasteiger partial charge in [0, 0.05) is 20.8 Å². The quantitative estimate of drug-likeness (QED) is 0.464. The van der Waals surface area contributed by atoms with E-state index in [1.54, 1.807) is 0 Å². The summed E-state index contributed by atoms with van der Waals surface area (Å²) in [5, 5.41) is 12.8. The summed E-state index contributed by atoms with van der Waals surface area (Å²) in [7, 11) is 0. The lowest BCUT2D eigenvalue weighted by atomic mass is 10.1. The van der Waals surface area contributed by atoms with Gasteiger partial charge in [0.15, 0.2) is 24.3 Å². The molecule has 1 aliphatic heterocycles. The van der Waals surface area contributed by atoms with Crippen molar-refractivity contribution in [2.75, 3.05) is 6.61 Å². The van der Waals surface area contributed by atoms with E-state index in [-0.39, 0.29) is 12.4 Å². The fraction of sp³-hybridized carbons (Fsp3) is 0.600. The SMILES string of the molecule is CC(=O)OC[C@H]1O[C@@H](n2cnc(CC(=O)O)n2)[C@H](OC(C)=O)[C@@H]1OC(C)=O. The van der Waals surface area contributed by atoms with Crippen molar-refractivity contribution in [3.05, 3.63) is 12.2 Å². The highest BCUT2D eigenvalue weighted by Crippen LogP contribution is 2.33. The van der Waals surface area contributed by atoms with Crippen LogP contribution in [-0.2, 0) is 44.5 Å². The van der Waals surface area contributed by atoms with Crippen LogP contribution in [0, 0.1) is 0 Å². The molecule has 27 heavy (non-hydrogen) atoms. The lowest BCUT2D eigenvalue weighted by Crippen LogP contribution is -2.40. The molecule has 1 fully saturated rings. The summed E-state index contributed by atoms with van der Waals surface area (Å²) >= 11 is 0. The van der Waals surface area contributed by atoms with Crippen LogP contribution >= 0.6 is 0 Å². The van der Waals surface area contributed by atoms with Gasteiger partial charge in [-0.2, -0.15) is 5.10 Å². The third kappa shape index (κ3) is 5.48. The highest BCUT2D eigenvalue weighted by Gasteiger charge is 2.51. The summed E-state index contributed by atoms with van der Waals surface area (Å²) in [5.41, 5.74) is 0. The molecular formula is C15H19N3O9. The van der Waals surface area contributed by atoms with Crippen molar-refractivity contribution in [3.8, 4) is 0 Å². The van der Waals surface area contributed by atoms with Crippen molar-refractivity contribution in [2.24, 2.45) is 0 Å². The lowest BCUT2D eigenvalue weighted by Gasteiger charge is -2.23. The Bertz CT molecular complexity index is 732. The predicted molar refractivity (Wildman–Crippen MR) is 83.0 cm³/mol. The van der Waals surface area contributed by atoms with Gasteiger partial charge in [-0.25, -0.2) is 9.67 Å². The number of carbonyl (C=O) groups is 4. The number of hydrogen-bond donors (Lipinski definition) is 1. The van der Waals surface area contributed by atoms with Crippen LogP contribution in [0.4, 0.5) is 0 Å². The molecule has 0 radical (unpaired) electrons. The first kappa shape index (κ1) is 20.3. The number of carboxylic acids is 1. The smallest absolute Gasteiger partial charge is 0.311 e. The second-order valence-corrected chi connectivity index (χ2v) is 5.73. The monoisotopic (exact) mass is 385 g/mol. The third-order valence-corrected chi connectivity index (χ3v) is 3.47. The van der Waals surface area contributed by atoms with E-state index in [2.05, 4.69) is 10.1 Å². The largest absolute Gasteiger partial charge is 0.481 e. The first-order valence-corrected chi connectivity index (χ1v) is 7.92. The molecule has 1 N–H and O–H groups in total. The summed E-state index contributed by atoms with van der Waals surface area (Å²) in [6, 6.07) is 0. The van der Waals surface area contributed by atoms with Gasteiger partial charge >= 0.3 is 23.9 Å². The summed E-state index contributed by atoms with van der Waals surface area (Å²) in [5.74, 6) is -3.00. The van der Waals surface area contributed by atoms with Crippen molar-refractivity contribution in [3.63, 3.8) is 0 Å². The van der Waals surface area contributed by atoms with Crippen LogP contribution in [0.15, 0.2) is 6.33 Å². The second-order valence-electron chi connectivity index (χ2n) is 5.73. The minimum atomic E-state index is -1.12. The van der Waals surface area contributed by atoms with E-state index in [1.165, 1.54) is 27.1 Å². The zero-order valence-corrected chi connectivity index (χ0v) is 14.9. The molecule has 148 valence electrons. The molecule has 12 heteroatoms. The molecule has 0 aliphatic carbocycles. The Hall–Kier alpha value is -3.02. The second kappa shape index (κ2) is 8.58. The molecular weight excluding hydrogens is 366 g/mol. The topological polar surface area (TPSA) is 156 Å². The van der Waals surface area contributed by atoms with Gasteiger partial charge in [-0.1, -0.05) is 0 Å². The normalized spacial score (nSPS) is 24.3. The number of aliphatic carboxylic acids is 1. The van der Waals surface area contributed by atoms with Crippen molar-refractivity contribution in [1.82, 2.24) is 14.8 Å². The number of carbonyl (C=O) groups excluding carboxylic acids is 3. The third-order valence-electron chi connectivity index (χ3n) is 3.47. The highest BCUT2D eigenvalue weighted by molar-refractivity contribution is 5.69. The molecule has 0 bridgehead atoms. The van der Waals surface area contributed by atoms with Gasteiger partial charge in [0.25, 0.3) is 0 Å². The predicted octanol–water partition coefficient (Wildman–Crippen LogP) is -0.771. The first-order valence-electron chi connectivity index (χ1n) is 7.92. The number of hydrogen-bond acceptors (Lipinski definition) is 10. The maximum absolute atomic E-state index is 11.5. The lowest BCUT2D eigenvalue weighted by molar-refractivity contribution is -0.166. The molecule has 12 nitrogen and oxygen atoms in total. The molecule has 1 saturated heterocycles. The van der Waals surface area contributed by atoms with E-state index < -0.39 is 54.8 Å². The first-order chi connectivity index (χ1) is 12.7. The maximum atomic E-state index is 11.5. The van der Waals surface area contributed by atoms with Crippen molar-refractivity contribution in [1.29, 1.82) is 0 Å². The molecule has 1 aromatic rings. The van der Waals surface area contributed by atoms with Gasteiger partial charge in [-0.15, -0.1) is 0 Å². The van der Waals surface area contributed by atoms with E-state index in [0.29, 0.717) is 0 Å². The summed E-state index contributed by atoms with van der Waals surface area (Å²) in [4.78, 5) is 48.7. The maximum Gasteiger partial charge on any atom is 0.311 e. The number of rotatable bonds is 7. The van der Waals surface area contributed by atoms with E-state index in [0.717, 1.165) is 4.68 Å². The molecule has 0 spiro atoms. The summed E-state index contributed by atoms with van der Waals surface area (Å²) in [6.07, 6.45) is -3.37. The molecule has 1 aromatic heterocycles. The summed E-state index contributed by atoms with van der Waals surface area (Å²) in [6.45, 7) is 3.28. The van der Waals surface area contributed by atoms with Crippen LogP contribution in [0.25, 0.3) is 0 Å². The van der Waals surface area contributed by atoms with Crippen LogP contribution in [0.5, 0.6) is 0 Å². The molecule has 2 heterocycles. The number of esters is 3. The molecule has 2 rings (SSSR count). The number of aromatic nitrogens is 3. The number of carboxylic acid groups (broad SMARTS) is 1. The highest BCUT2D eigenvalue weighted by atomic mass is 16.7. The molecule has 1 aliphatic rings. The van der Waals surface area contributed by atoms with E-state index in [9.17, 15) is 19.2 Å². The molecule has 4 atom stereocenters. The van der Waals surface area contributed by atoms with Gasteiger partial charge in [0.05, 0.1) is 0 Å². The van der Waals surface area contributed by atoms with Crippen LogP contribution in [-0.4, -0.2) is 68.7 Å². The van der Waals surface area contributed by atoms with Gasteiger partial charge in [-0.05, 0) is 0 Å². The van der Waals surface area contributed by atoms with Crippen molar-refractivity contribution < 1.29 is 43.2 Å². The zero-order chi connectivity index (χ0) is 20.1. The fourth-order valence-electron chi connectivity index (χ4n) is 2.56. The Kier molecular flexibility index (Phi) is 6.45. The molecule has 0 aromatic carbocycles. The minimum absolute atomic E-state index is 0.0140. The van der Waals surface area contributed by atoms with Crippen LogP contribution in [0.3, 0.4) is 0 Å². The van der Waals surface area contributed by atoms with Crippen LogP contribution in [0.1, 0.15) is 32.8 Å². The fourth-order valence-corrected chi connectivity index (χ4v) is 2.56. The minimum Gasteiger partial charge on any atom is -0.481 e. The van der Waals surface area contributed by atoms with Gasteiger partial charge in [0.1, 0.15) is 25.5 Å². The Balaban J connectivity index is 2.30. The van der Waals surface area contributed by atoms with E-state index in [1.807, 2.05) is 0 Å². The number of nitrogens with zero attached hydrogens (tertiary/aromatic N) is 3.